The molecule has 1 fully saturated rings. The van der Waals surface area contributed by atoms with Gasteiger partial charge in [-0.1, -0.05) is 35.4 Å². The highest BCUT2D eigenvalue weighted by Crippen LogP contribution is 2.28. The molecule has 2 aromatic rings. The van der Waals surface area contributed by atoms with Crippen molar-refractivity contribution in [3.8, 4) is 0 Å². The Morgan fingerprint density at radius 2 is 1.61 bits per heavy atom. The van der Waals surface area contributed by atoms with Crippen molar-refractivity contribution < 1.29 is 22.7 Å². The first-order chi connectivity index (χ1) is 15.6. The molecule has 0 saturated carbocycles. The number of nitrogens with zero attached hydrogens (tertiary/aromatic N) is 3. The summed E-state index contributed by atoms with van der Waals surface area (Å²) in [4.78, 5) is 28.2. The maximum atomic E-state index is 13.5. The van der Waals surface area contributed by atoms with Crippen molar-refractivity contribution in [3.63, 3.8) is 0 Å². The number of sulfonamides is 1. The highest BCUT2D eigenvalue weighted by molar-refractivity contribution is 7.92. The Morgan fingerprint density at radius 1 is 1.00 bits per heavy atom. The molecule has 1 saturated heterocycles. The molecule has 0 aliphatic carbocycles. The van der Waals surface area contributed by atoms with Gasteiger partial charge in [-0.05, 0) is 50.6 Å². The minimum Gasteiger partial charge on any atom is -0.450 e. The number of halogens is 1. The van der Waals surface area contributed by atoms with Gasteiger partial charge in [0.25, 0.3) is 10.0 Å². The van der Waals surface area contributed by atoms with Gasteiger partial charge in [0.15, 0.2) is 0 Å². The zero-order chi connectivity index (χ0) is 24.2. The van der Waals surface area contributed by atoms with Crippen LogP contribution in [-0.2, 0) is 19.6 Å². The van der Waals surface area contributed by atoms with Crippen LogP contribution in [0.15, 0.2) is 47.4 Å². The summed E-state index contributed by atoms with van der Waals surface area (Å²) in [6, 6.07) is 11.4. The lowest BCUT2D eigenvalue weighted by atomic mass is 10.2. The number of hydrogen-bond donors (Lipinski definition) is 0. The topological polar surface area (TPSA) is 87.2 Å². The van der Waals surface area contributed by atoms with Crippen molar-refractivity contribution in [3.05, 3.63) is 58.6 Å². The summed E-state index contributed by atoms with van der Waals surface area (Å²) in [6.45, 7) is 6.56. The van der Waals surface area contributed by atoms with Gasteiger partial charge >= 0.3 is 6.09 Å². The molecule has 33 heavy (non-hydrogen) atoms. The number of carbonyl (C=O) groups is 2. The number of ether oxygens (including phenoxy) is 1. The fraction of sp³-hybridized carbons (Fsp3) is 0.391. The van der Waals surface area contributed by atoms with E-state index in [0.717, 1.165) is 15.4 Å². The van der Waals surface area contributed by atoms with Gasteiger partial charge in [0.1, 0.15) is 6.54 Å². The quantitative estimate of drug-likeness (QED) is 0.615. The van der Waals surface area contributed by atoms with Crippen molar-refractivity contribution in [2.75, 3.05) is 43.6 Å². The van der Waals surface area contributed by atoms with Crippen LogP contribution in [0, 0.1) is 13.8 Å². The molecule has 2 amide bonds. The monoisotopic (exact) mass is 493 g/mol. The van der Waals surface area contributed by atoms with E-state index >= 15 is 0 Å². The number of hydrogen-bond acceptors (Lipinski definition) is 5. The molecular weight excluding hydrogens is 466 g/mol. The van der Waals surface area contributed by atoms with E-state index in [9.17, 15) is 18.0 Å². The number of carbonyl (C=O) groups excluding carboxylic acids is 2. The van der Waals surface area contributed by atoms with Gasteiger partial charge in [-0.15, -0.1) is 0 Å². The molecule has 0 aromatic heterocycles. The van der Waals surface area contributed by atoms with Gasteiger partial charge in [0.05, 0.1) is 17.2 Å². The number of amides is 2. The average molecular weight is 494 g/mol. The fourth-order valence-electron chi connectivity index (χ4n) is 3.47. The van der Waals surface area contributed by atoms with Gasteiger partial charge in [-0.2, -0.15) is 0 Å². The molecule has 2 aromatic carbocycles. The van der Waals surface area contributed by atoms with Crippen LogP contribution >= 0.6 is 11.6 Å². The van der Waals surface area contributed by atoms with E-state index in [1.807, 2.05) is 13.8 Å². The zero-order valence-electron chi connectivity index (χ0n) is 19.0. The van der Waals surface area contributed by atoms with Gasteiger partial charge in [-0.25, -0.2) is 13.2 Å². The normalized spacial score (nSPS) is 14.2. The fourth-order valence-corrected chi connectivity index (χ4v) is 5.05. The molecule has 178 valence electrons. The minimum absolute atomic E-state index is 0.0877. The van der Waals surface area contributed by atoms with Gasteiger partial charge in [-0.3, -0.25) is 9.10 Å². The van der Waals surface area contributed by atoms with Crippen LogP contribution in [0.4, 0.5) is 10.5 Å². The molecular formula is C23H28ClN3O5S. The molecule has 0 N–H and O–H groups in total. The Labute approximate surface area is 199 Å². The minimum atomic E-state index is -4.02. The number of benzene rings is 2. The lowest BCUT2D eigenvalue weighted by molar-refractivity contribution is -0.131. The first-order valence-corrected chi connectivity index (χ1v) is 12.5. The van der Waals surface area contributed by atoms with E-state index in [4.69, 9.17) is 16.3 Å². The maximum Gasteiger partial charge on any atom is 0.409 e. The molecule has 0 unspecified atom stereocenters. The molecule has 10 heteroatoms. The second kappa shape index (κ2) is 10.4. The summed E-state index contributed by atoms with van der Waals surface area (Å²) in [7, 11) is -4.02. The smallest absolute Gasteiger partial charge is 0.409 e. The van der Waals surface area contributed by atoms with Crippen LogP contribution < -0.4 is 4.31 Å². The predicted molar refractivity (Wildman–Crippen MR) is 127 cm³/mol. The molecule has 1 heterocycles. The summed E-state index contributed by atoms with van der Waals surface area (Å²) in [5.74, 6) is -0.356. The van der Waals surface area contributed by atoms with E-state index < -0.39 is 16.1 Å². The second-order valence-corrected chi connectivity index (χ2v) is 10.1. The Bertz CT molecular complexity index is 1110. The van der Waals surface area contributed by atoms with Crippen molar-refractivity contribution in [2.45, 2.75) is 25.7 Å². The molecule has 1 aliphatic rings. The Morgan fingerprint density at radius 3 is 2.18 bits per heavy atom. The van der Waals surface area contributed by atoms with Crippen molar-refractivity contribution in [2.24, 2.45) is 0 Å². The number of rotatable bonds is 6. The largest absolute Gasteiger partial charge is 0.450 e. The van der Waals surface area contributed by atoms with Gasteiger partial charge < -0.3 is 14.5 Å². The third-order valence-corrected chi connectivity index (χ3v) is 7.68. The summed E-state index contributed by atoms with van der Waals surface area (Å²) in [6.07, 6.45) is -0.414. The maximum absolute atomic E-state index is 13.5. The number of piperazine rings is 1. The van der Waals surface area contributed by atoms with E-state index in [1.54, 1.807) is 42.2 Å². The molecule has 0 radical (unpaired) electrons. The molecule has 8 nitrogen and oxygen atoms in total. The van der Waals surface area contributed by atoms with Crippen molar-refractivity contribution in [1.29, 1.82) is 0 Å². The SMILES string of the molecule is CCOC(=O)N1CCN(C(=O)CN(c2ccc(C)c(Cl)c2)S(=O)(=O)c2ccc(C)cc2)CC1. The van der Waals surface area contributed by atoms with Crippen LogP contribution in [0.2, 0.25) is 5.02 Å². The molecule has 0 atom stereocenters. The summed E-state index contributed by atoms with van der Waals surface area (Å²) < 4.78 is 33.1. The Balaban J connectivity index is 1.84. The lowest BCUT2D eigenvalue weighted by Gasteiger charge is -2.35. The average Bonchev–Trinajstić information content (AvgIpc) is 2.79. The van der Waals surface area contributed by atoms with Crippen molar-refractivity contribution in [1.82, 2.24) is 9.80 Å². The van der Waals surface area contributed by atoms with Crippen LogP contribution in [0.5, 0.6) is 0 Å². The first-order valence-electron chi connectivity index (χ1n) is 10.7. The van der Waals surface area contributed by atoms with Gasteiger partial charge in [0, 0.05) is 31.2 Å². The third-order valence-electron chi connectivity index (χ3n) is 5.49. The first kappa shape index (κ1) is 24.9. The predicted octanol–water partition coefficient (Wildman–Crippen LogP) is 3.45. The molecule has 0 bridgehead atoms. The van der Waals surface area contributed by atoms with Crippen LogP contribution in [0.25, 0.3) is 0 Å². The Kier molecular flexibility index (Phi) is 7.86. The zero-order valence-corrected chi connectivity index (χ0v) is 20.5. The van der Waals surface area contributed by atoms with Gasteiger partial charge in [0.2, 0.25) is 5.91 Å². The summed E-state index contributed by atoms with van der Waals surface area (Å²) >= 11 is 6.27. The van der Waals surface area contributed by atoms with Crippen LogP contribution in [-0.4, -0.2) is 69.5 Å². The van der Waals surface area contributed by atoms with Crippen LogP contribution in [0.3, 0.4) is 0 Å². The third kappa shape index (κ3) is 5.78. The number of aryl methyl sites for hydroxylation is 2. The van der Waals surface area contributed by atoms with Crippen molar-refractivity contribution >= 4 is 39.3 Å². The highest BCUT2D eigenvalue weighted by atomic mass is 35.5. The summed E-state index contributed by atoms with van der Waals surface area (Å²) in [5, 5.41) is 0.409. The highest BCUT2D eigenvalue weighted by Gasteiger charge is 2.31. The van der Waals surface area contributed by atoms with Crippen LogP contribution in [0.1, 0.15) is 18.1 Å². The number of anilines is 1. The second-order valence-electron chi connectivity index (χ2n) is 7.82. The van der Waals surface area contributed by atoms with E-state index in [0.29, 0.717) is 36.9 Å². The van der Waals surface area contributed by atoms with E-state index in [-0.39, 0.29) is 24.0 Å². The standard InChI is InChI=1S/C23H28ClN3O5S/c1-4-32-23(29)26-13-11-25(12-14-26)22(28)16-27(19-8-7-18(3)21(24)15-19)33(30,31)20-9-5-17(2)6-10-20/h5-10,15H,4,11-14,16H2,1-3H3. The lowest BCUT2D eigenvalue weighted by Crippen LogP contribution is -2.53. The molecule has 0 spiro atoms. The van der Waals surface area contributed by atoms with E-state index in [2.05, 4.69) is 0 Å². The van der Waals surface area contributed by atoms with E-state index in [1.165, 1.54) is 17.0 Å². The summed E-state index contributed by atoms with van der Waals surface area (Å²) in [5.41, 5.74) is 2.04. The molecule has 3 rings (SSSR count). The Hall–Kier alpha value is -2.78. The molecule has 1 aliphatic heterocycles.